The summed E-state index contributed by atoms with van der Waals surface area (Å²) in [7, 11) is -3.84. The number of aromatic nitrogens is 2. The van der Waals surface area contributed by atoms with Crippen molar-refractivity contribution in [2.24, 2.45) is 0 Å². The number of carbonyl (C=O) groups is 1. The van der Waals surface area contributed by atoms with Gasteiger partial charge in [0.1, 0.15) is 12.4 Å². The van der Waals surface area contributed by atoms with Crippen LogP contribution in [0.3, 0.4) is 0 Å². The van der Waals surface area contributed by atoms with Gasteiger partial charge in [-0.05, 0) is 44.0 Å². The number of nitrogens with one attached hydrogen (secondary N) is 2. The van der Waals surface area contributed by atoms with Crippen molar-refractivity contribution in [3.8, 4) is 5.75 Å². The van der Waals surface area contributed by atoms with E-state index in [0.29, 0.717) is 5.75 Å². The van der Waals surface area contributed by atoms with E-state index >= 15 is 0 Å². The summed E-state index contributed by atoms with van der Waals surface area (Å²) in [6.07, 6.45) is 0.271. The molecular weight excluding hydrogens is 376 g/mol. The minimum Gasteiger partial charge on any atom is -0.492 e. The molecular formula is C16H22N4O4S2. The van der Waals surface area contributed by atoms with Crippen molar-refractivity contribution in [2.75, 3.05) is 11.9 Å². The Hall–Kier alpha value is -2.04. The zero-order chi connectivity index (χ0) is 19.3. The van der Waals surface area contributed by atoms with E-state index in [9.17, 15) is 13.2 Å². The number of nitrogens with zero attached hydrogens (tertiary/aromatic N) is 2. The molecule has 142 valence electrons. The van der Waals surface area contributed by atoms with Crippen molar-refractivity contribution in [1.29, 1.82) is 0 Å². The van der Waals surface area contributed by atoms with Gasteiger partial charge in [0.25, 0.3) is 10.0 Å². The van der Waals surface area contributed by atoms with Crippen molar-refractivity contribution < 1.29 is 17.9 Å². The second kappa shape index (κ2) is 8.56. The first-order valence-electron chi connectivity index (χ1n) is 8.07. The number of amides is 1. The first-order valence-corrected chi connectivity index (χ1v) is 10.4. The zero-order valence-electron chi connectivity index (χ0n) is 15.1. The van der Waals surface area contributed by atoms with Gasteiger partial charge in [-0.15, -0.1) is 10.2 Å². The number of sulfonamides is 1. The lowest BCUT2D eigenvalue weighted by Gasteiger charge is -2.14. The number of hydrogen-bond donors (Lipinski definition) is 2. The fourth-order valence-electron chi connectivity index (χ4n) is 1.95. The maximum absolute atomic E-state index is 12.3. The number of anilines is 1. The van der Waals surface area contributed by atoms with Crippen LogP contribution in [0, 0.1) is 13.8 Å². The van der Waals surface area contributed by atoms with Crippen LogP contribution >= 0.6 is 11.3 Å². The Bertz CT molecular complexity index is 880. The van der Waals surface area contributed by atoms with Gasteiger partial charge in [0.15, 0.2) is 0 Å². The molecule has 2 rings (SSSR count). The Morgan fingerprint density at radius 2 is 2.00 bits per heavy atom. The molecule has 1 atom stereocenters. The second-order valence-corrected chi connectivity index (χ2v) is 8.72. The van der Waals surface area contributed by atoms with E-state index in [4.69, 9.17) is 4.74 Å². The Labute approximate surface area is 157 Å². The van der Waals surface area contributed by atoms with E-state index < -0.39 is 16.1 Å². The van der Waals surface area contributed by atoms with Crippen LogP contribution < -0.4 is 14.8 Å². The molecule has 1 heterocycles. The van der Waals surface area contributed by atoms with Crippen LogP contribution in [-0.2, 0) is 14.8 Å². The third kappa shape index (κ3) is 5.48. The average molecular weight is 399 g/mol. The van der Waals surface area contributed by atoms with Crippen molar-refractivity contribution in [2.45, 2.75) is 44.5 Å². The predicted molar refractivity (Wildman–Crippen MR) is 100 cm³/mol. The zero-order valence-corrected chi connectivity index (χ0v) is 16.7. The highest BCUT2D eigenvalue weighted by Gasteiger charge is 2.23. The molecule has 2 aromatic rings. The number of aryl methyl sites for hydroxylation is 2. The molecule has 26 heavy (non-hydrogen) atoms. The summed E-state index contributed by atoms with van der Waals surface area (Å²) in [5, 5.41) is 9.94. The molecule has 8 nitrogen and oxygen atoms in total. The van der Waals surface area contributed by atoms with Gasteiger partial charge in [0, 0.05) is 6.42 Å². The predicted octanol–water partition coefficient (Wildman–Crippen LogP) is 2.25. The molecule has 10 heteroatoms. The number of ether oxygens (including phenoxy) is 1. The average Bonchev–Trinajstić information content (AvgIpc) is 3.05. The molecule has 0 aliphatic carbocycles. The molecule has 0 bridgehead atoms. The molecule has 0 fully saturated rings. The highest BCUT2D eigenvalue weighted by atomic mass is 32.2. The van der Waals surface area contributed by atoms with E-state index in [2.05, 4.69) is 20.2 Å². The van der Waals surface area contributed by atoms with E-state index in [1.165, 1.54) is 0 Å². The van der Waals surface area contributed by atoms with E-state index in [-0.39, 0.29) is 28.4 Å². The van der Waals surface area contributed by atoms with E-state index in [0.717, 1.165) is 22.5 Å². The number of carbonyl (C=O) groups excluding carboxylic acids is 1. The summed E-state index contributed by atoms with van der Waals surface area (Å²) in [6, 6.07) is 5.23. The maximum atomic E-state index is 12.3. The van der Waals surface area contributed by atoms with Gasteiger partial charge in [0.05, 0.1) is 6.04 Å². The SMILES string of the molecule is CCC(=O)Nc1nnc(S(=O)(=O)NC(C)COc2ccc(C)c(C)c2)s1. The molecule has 0 aliphatic heterocycles. The molecule has 1 aromatic carbocycles. The quantitative estimate of drug-likeness (QED) is 0.660. The van der Waals surface area contributed by atoms with Crippen LogP contribution in [0.4, 0.5) is 5.13 Å². The highest BCUT2D eigenvalue weighted by molar-refractivity contribution is 7.91. The lowest BCUT2D eigenvalue weighted by molar-refractivity contribution is -0.115. The molecule has 1 aromatic heterocycles. The first-order chi connectivity index (χ1) is 12.2. The van der Waals surface area contributed by atoms with Crippen LogP contribution in [0.5, 0.6) is 5.75 Å². The number of hydrogen-bond acceptors (Lipinski definition) is 7. The van der Waals surface area contributed by atoms with E-state index in [1.807, 2.05) is 32.0 Å². The topological polar surface area (TPSA) is 110 Å². The third-order valence-corrected chi connectivity index (χ3v) is 6.33. The minimum absolute atomic E-state index is 0.149. The van der Waals surface area contributed by atoms with Crippen molar-refractivity contribution >= 4 is 32.4 Å². The molecule has 0 radical (unpaired) electrons. The van der Waals surface area contributed by atoms with Gasteiger partial charge >= 0.3 is 0 Å². The minimum atomic E-state index is -3.84. The normalized spacial score (nSPS) is 12.6. The fourth-order valence-corrected chi connectivity index (χ4v) is 4.11. The lowest BCUT2D eigenvalue weighted by atomic mass is 10.1. The van der Waals surface area contributed by atoms with Crippen molar-refractivity contribution in [1.82, 2.24) is 14.9 Å². The Balaban J connectivity index is 1.95. The summed E-state index contributed by atoms with van der Waals surface area (Å²) in [6.45, 7) is 7.54. The van der Waals surface area contributed by atoms with Crippen LogP contribution in [-0.4, -0.2) is 37.2 Å². The maximum Gasteiger partial charge on any atom is 0.270 e. The summed E-state index contributed by atoms with van der Waals surface area (Å²) in [5.41, 5.74) is 2.26. The second-order valence-electron chi connectivity index (χ2n) is 5.85. The summed E-state index contributed by atoms with van der Waals surface area (Å²) in [5.74, 6) is 0.424. The van der Waals surface area contributed by atoms with Gasteiger partial charge < -0.3 is 10.1 Å². The number of rotatable bonds is 8. The molecule has 1 unspecified atom stereocenters. The van der Waals surface area contributed by atoms with Gasteiger partial charge in [-0.3, -0.25) is 4.79 Å². The van der Waals surface area contributed by atoms with Crippen molar-refractivity contribution in [3.63, 3.8) is 0 Å². The monoisotopic (exact) mass is 398 g/mol. The standard InChI is InChI=1S/C16H22N4O4S2/c1-5-14(21)17-15-18-19-16(25-15)26(22,23)20-12(4)9-24-13-7-6-10(2)11(3)8-13/h6-8,12,20H,5,9H2,1-4H3,(H,17,18,21). The molecule has 2 N–H and O–H groups in total. The van der Waals surface area contributed by atoms with Gasteiger partial charge in [0.2, 0.25) is 15.4 Å². The lowest BCUT2D eigenvalue weighted by Crippen LogP contribution is -2.36. The third-order valence-electron chi connectivity index (χ3n) is 3.54. The Morgan fingerprint density at radius 3 is 2.65 bits per heavy atom. The highest BCUT2D eigenvalue weighted by Crippen LogP contribution is 2.20. The van der Waals surface area contributed by atoms with Crippen LogP contribution in [0.2, 0.25) is 0 Å². The molecule has 1 amide bonds. The van der Waals surface area contributed by atoms with Crippen LogP contribution in [0.25, 0.3) is 0 Å². The van der Waals surface area contributed by atoms with Gasteiger partial charge in [-0.25, -0.2) is 13.1 Å². The molecule has 0 spiro atoms. The number of benzene rings is 1. The Kier molecular flexibility index (Phi) is 6.68. The van der Waals surface area contributed by atoms with Crippen molar-refractivity contribution in [3.05, 3.63) is 29.3 Å². The summed E-state index contributed by atoms with van der Waals surface area (Å²) in [4.78, 5) is 11.3. The molecule has 0 saturated heterocycles. The van der Waals surface area contributed by atoms with Gasteiger partial charge in [-0.2, -0.15) is 0 Å². The van der Waals surface area contributed by atoms with Gasteiger partial charge in [-0.1, -0.05) is 24.3 Å². The Morgan fingerprint density at radius 1 is 1.27 bits per heavy atom. The van der Waals surface area contributed by atoms with E-state index in [1.54, 1.807) is 13.8 Å². The molecule has 0 saturated carbocycles. The van der Waals surface area contributed by atoms with Crippen LogP contribution in [0.1, 0.15) is 31.4 Å². The smallest absolute Gasteiger partial charge is 0.270 e. The molecule has 0 aliphatic rings. The van der Waals surface area contributed by atoms with Crippen LogP contribution in [0.15, 0.2) is 22.5 Å². The fraction of sp³-hybridized carbons (Fsp3) is 0.438. The first kappa shape index (κ1) is 20.3. The summed E-state index contributed by atoms with van der Waals surface area (Å²) < 4.78 is 32.6. The largest absolute Gasteiger partial charge is 0.492 e. The summed E-state index contributed by atoms with van der Waals surface area (Å²) >= 11 is 0.798.